The minimum absolute atomic E-state index is 0.0299. The standard InChI is InChI=1S/C16H19N3O4S/c17-15-18-10-13(23-15)14(20)19-11-16(8-4-5-9-16)24(21,22)12-6-2-1-3-7-12/h1-3,6-7,10H,4-5,8-9,11H2,(H2,17,18)(H,19,20). The fourth-order valence-corrected chi connectivity index (χ4v) is 5.23. The molecule has 1 heterocycles. The van der Waals surface area contributed by atoms with Crippen LogP contribution in [0.2, 0.25) is 0 Å². The van der Waals surface area contributed by atoms with Crippen molar-refractivity contribution >= 4 is 21.8 Å². The third kappa shape index (κ3) is 2.89. The maximum Gasteiger partial charge on any atom is 0.292 e. The van der Waals surface area contributed by atoms with Crippen LogP contribution in [-0.2, 0) is 9.84 Å². The second kappa shape index (κ2) is 6.27. The van der Waals surface area contributed by atoms with Crippen LogP contribution in [0.1, 0.15) is 36.2 Å². The number of benzene rings is 1. The van der Waals surface area contributed by atoms with Gasteiger partial charge in [0, 0.05) is 6.54 Å². The third-order valence-corrected chi connectivity index (χ3v) is 7.04. The van der Waals surface area contributed by atoms with Gasteiger partial charge < -0.3 is 15.5 Å². The number of hydrogen-bond donors (Lipinski definition) is 2. The maximum atomic E-state index is 13.1. The molecule has 1 aliphatic rings. The molecule has 1 aliphatic carbocycles. The van der Waals surface area contributed by atoms with Crippen molar-refractivity contribution in [1.82, 2.24) is 10.3 Å². The second-order valence-corrected chi connectivity index (χ2v) is 8.30. The Balaban J connectivity index is 1.83. The minimum atomic E-state index is -3.56. The molecule has 0 atom stereocenters. The normalized spacial score (nSPS) is 16.8. The highest BCUT2D eigenvalue weighted by atomic mass is 32.2. The van der Waals surface area contributed by atoms with E-state index in [0.717, 1.165) is 12.8 Å². The van der Waals surface area contributed by atoms with Crippen LogP contribution in [0.3, 0.4) is 0 Å². The van der Waals surface area contributed by atoms with Gasteiger partial charge in [-0.25, -0.2) is 13.4 Å². The van der Waals surface area contributed by atoms with Gasteiger partial charge in [-0.2, -0.15) is 0 Å². The summed E-state index contributed by atoms with van der Waals surface area (Å²) in [4.78, 5) is 16.1. The van der Waals surface area contributed by atoms with Gasteiger partial charge in [0.15, 0.2) is 9.84 Å². The molecule has 1 fully saturated rings. The Kier molecular flexibility index (Phi) is 4.31. The average molecular weight is 349 g/mol. The van der Waals surface area contributed by atoms with E-state index in [2.05, 4.69) is 10.3 Å². The van der Waals surface area contributed by atoms with E-state index in [-0.39, 0.29) is 23.2 Å². The number of aromatic nitrogens is 1. The molecule has 0 aliphatic heterocycles. The summed E-state index contributed by atoms with van der Waals surface area (Å²) in [6, 6.07) is 8.25. The first kappa shape index (κ1) is 16.5. The number of nitrogens with one attached hydrogen (secondary N) is 1. The summed E-state index contributed by atoms with van der Waals surface area (Å²) >= 11 is 0. The molecule has 2 aromatic rings. The van der Waals surface area contributed by atoms with E-state index in [1.807, 2.05) is 0 Å². The summed E-state index contributed by atoms with van der Waals surface area (Å²) in [5, 5.41) is 2.66. The average Bonchev–Trinajstić information content (AvgIpc) is 3.23. The van der Waals surface area contributed by atoms with Gasteiger partial charge in [0.1, 0.15) is 0 Å². The summed E-state index contributed by atoms with van der Waals surface area (Å²) in [5.74, 6) is -0.550. The van der Waals surface area contributed by atoms with Crippen LogP contribution in [0, 0.1) is 0 Å². The van der Waals surface area contributed by atoms with Crippen molar-refractivity contribution in [2.75, 3.05) is 12.3 Å². The van der Waals surface area contributed by atoms with Gasteiger partial charge in [-0.3, -0.25) is 4.79 Å². The zero-order chi connectivity index (χ0) is 17.2. The number of carbonyl (C=O) groups excluding carboxylic acids is 1. The molecule has 0 unspecified atom stereocenters. The van der Waals surface area contributed by atoms with Crippen molar-refractivity contribution in [3.63, 3.8) is 0 Å². The highest BCUT2D eigenvalue weighted by Gasteiger charge is 2.47. The number of amides is 1. The summed E-state index contributed by atoms with van der Waals surface area (Å²) in [6.07, 6.45) is 3.89. The monoisotopic (exact) mass is 349 g/mol. The Morgan fingerprint density at radius 3 is 2.50 bits per heavy atom. The van der Waals surface area contributed by atoms with Gasteiger partial charge in [-0.05, 0) is 25.0 Å². The zero-order valence-electron chi connectivity index (χ0n) is 13.1. The van der Waals surface area contributed by atoms with Crippen LogP contribution in [-0.4, -0.2) is 30.6 Å². The highest BCUT2D eigenvalue weighted by Crippen LogP contribution is 2.40. The fraction of sp³-hybridized carbons (Fsp3) is 0.375. The first-order valence-electron chi connectivity index (χ1n) is 7.74. The molecule has 0 spiro atoms. The molecule has 128 valence electrons. The SMILES string of the molecule is Nc1ncc(C(=O)NCC2(S(=O)(=O)c3ccccc3)CCCC2)o1. The van der Waals surface area contributed by atoms with E-state index < -0.39 is 20.5 Å². The summed E-state index contributed by atoms with van der Waals surface area (Å²) in [5.41, 5.74) is 5.35. The molecule has 3 rings (SSSR count). The van der Waals surface area contributed by atoms with Crippen LogP contribution in [0.15, 0.2) is 45.8 Å². The zero-order valence-corrected chi connectivity index (χ0v) is 13.9. The van der Waals surface area contributed by atoms with Gasteiger partial charge >= 0.3 is 0 Å². The molecule has 7 nitrogen and oxygen atoms in total. The number of nitrogens with two attached hydrogens (primary N) is 1. The molecule has 0 radical (unpaired) electrons. The van der Waals surface area contributed by atoms with E-state index in [4.69, 9.17) is 10.2 Å². The second-order valence-electron chi connectivity index (χ2n) is 5.95. The molecule has 8 heteroatoms. The Hall–Kier alpha value is -2.35. The first-order valence-corrected chi connectivity index (χ1v) is 9.22. The molecule has 1 aromatic heterocycles. The smallest absolute Gasteiger partial charge is 0.292 e. The first-order chi connectivity index (χ1) is 11.4. The van der Waals surface area contributed by atoms with Crippen molar-refractivity contribution in [3.05, 3.63) is 42.3 Å². The van der Waals surface area contributed by atoms with Crippen LogP contribution in [0.4, 0.5) is 6.01 Å². The van der Waals surface area contributed by atoms with Gasteiger partial charge in [-0.15, -0.1) is 0 Å². The largest absolute Gasteiger partial charge is 0.418 e. The Labute approximate surface area is 140 Å². The van der Waals surface area contributed by atoms with Gasteiger partial charge in [0.05, 0.1) is 15.8 Å². The van der Waals surface area contributed by atoms with E-state index >= 15 is 0 Å². The van der Waals surface area contributed by atoms with Crippen molar-refractivity contribution in [2.45, 2.75) is 35.3 Å². The van der Waals surface area contributed by atoms with E-state index in [1.165, 1.54) is 6.20 Å². The van der Waals surface area contributed by atoms with E-state index in [9.17, 15) is 13.2 Å². The molecule has 0 bridgehead atoms. The van der Waals surface area contributed by atoms with Gasteiger partial charge in [0.2, 0.25) is 5.76 Å². The third-order valence-electron chi connectivity index (χ3n) is 4.46. The predicted molar refractivity (Wildman–Crippen MR) is 88.1 cm³/mol. The summed E-state index contributed by atoms with van der Waals surface area (Å²) < 4.78 is 30.2. The number of anilines is 1. The lowest BCUT2D eigenvalue weighted by Gasteiger charge is -2.29. The van der Waals surface area contributed by atoms with Crippen molar-refractivity contribution in [1.29, 1.82) is 0 Å². The minimum Gasteiger partial charge on any atom is -0.418 e. The van der Waals surface area contributed by atoms with Crippen LogP contribution >= 0.6 is 0 Å². The van der Waals surface area contributed by atoms with E-state index in [1.54, 1.807) is 30.3 Å². The molecular weight excluding hydrogens is 330 g/mol. The lowest BCUT2D eigenvalue weighted by atomic mass is 10.1. The van der Waals surface area contributed by atoms with Crippen LogP contribution < -0.4 is 11.1 Å². The number of carbonyl (C=O) groups is 1. The number of nitrogens with zero attached hydrogens (tertiary/aromatic N) is 1. The van der Waals surface area contributed by atoms with Gasteiger partial charge in [-0.1, -0.05) is 31.0 Å². The predicted octanol–water partition coefficient (Wildman–Crippen LogP) is 1.77. The van der Waals surface area contributed by atoms with Crippen molar-refractivity contribution in [3.8, 4) is 0 Å². The number of hydrogen-bond acceptors (Lipinski definition) is 6. The van der Waals surface area contributed by atoms with E-state index in [0.29, 0.717) is 12.8 Å². The van der Waals surface area contributed by atoms with Crippen LogP contribution in [0.25, 0.3) is 0 Å². The Morgan fingerprint density at radius 2 is 1.92 bits per heavy atom. The topological polar surface area (TPSA) is 115 Å². The summed E-state index contributed by atoms with van der Waals surface area (Å²) in [7, 11) is -3.56. The highest BCUT2D eigenvalue weighted by molar-refractivity contribution is 7.92. The Morgan fingerprint density at radius 1 is 1.25 bits per heavy atom. The maximum absolute atomic E-state index is 13.1. The lowest BCUT2D eigenvalue weighted by Crippen LogP contribution is -2.46. The Bertz CT molecular complexity index is 824. The quantitative estimate of drug-likeness (QED) is 0.850. The lowest BCUT2D eigenvalue weighted by molar-refractivity contribution is 0.0922. The number of sulfone groups is 1. The van der Waals surface area contributed by atoms with Crippen molar-refractivity contribution in [2.24, 2.45) is 0 Å². The fourth-order valence-electron chi connectivity index (χ4n) is 3.13. The number of nitrogen functional groups attached to an aromatic ring is 1. The molecular formula is C16H19N3O4S. The molecule has 24 heavy (non-hydrogen) atoms. The molecule has 3 N–H and O–H groups in total. The molecule has 1 aromatic carbocycles. The molecule has 1 amide bonds. The molecule has 1 saturated carbocycles. The van der Waals surface area contributed by atoms with Crippen molar-refractivity contribution < 1.29 is 17.6 Å². The molecule has 0 saturated heterocycles. The number of oxazole rings is 1. The van der Waals surface area contributed by atoms with Crippen LogP contribution in [0.5, 0.6) is 0 Å². The summed E-state index contributed by atoms with van der Waals surface area (Å²) in [6.45, 7) is 0.0314. The number of rotatable bonds is 5. The van der Waals surface area contributed by atoms with Gasteiger partial charge in [0.25, 0.3) is 11.9 Å².